The van der Waals surface area contributed by atoms with Crippen LogP contribution in [-0.2, 0) is 14.3 Å². The Morgan fingerprint density at radius 3 is 1.46 bits per heavy atom. The molecule has 1 heterocycles. The number of aliphatic hydroxyl groups excluding tert-OH is 4. The summed E-state index contributed by atoms with van der Waals surface area (Å²) >= 11 is 0. The van der Waals surface area contributed by atoms with Gasteiger partial charge in [0.15, 0.2) is 12.2 Å². The highest BCUT2D eigenvalue weighted by Crippen LogP contribution is 2.12. The van der Waals surface area contributed by atoms with Crippen molar-refractivity contribution in [3.05, 3.63) is 0 Å². The molecule has 0 aromatic heterocycles. The summed E-state index contributed by atoms with van der Waals surface area (Å²) in [6.45, 7) is 0. The summed E-state index contributed by atoms with van der Waals surface area (Å²) in [5.41, 5.74) is 0. The third-order valence-corrected chi connectivity index (χ3v) is 1.68. The summed E-state index contributed by atoms with van der Waals surface area (Å²) in [5.74, 6) is -2.79. The summed E-state index contributed by atoms with van der Waals surface area (Å²) in [4.78, 5) is 21.3. The molecular weight excluding hydrogens is 184 g/mol. The van der Waals surface area contributed by atoms with Crippen LogP contribution < -0.4 is 0 Å². The van der Waals surface area contributed by atoms with Crippen molar-refractivity contribution in [3.8, 4) is 0 Å². The van der Waals surface area contributed by atoms with Crippen LogP contribution in [0.2, 0.25) is 0 Å². The average molecular weight is 192 g/mol. The van der Waals surface area contributed by atoms with Gasteiger partial charge in [0.2, 0.25) is 0 Å². The van der Waals surface area contributed by atoms with Crippen molar-refractivity contribution in [2.75, 3.05) is 0 Å². The van der Waals surface area contributed by atoms with Crippen molar-refractivity contribution in [2.24, 2.45) is 0 Å². The van der Waals surface area contributed by atoms with E-state index in [2.05, 4.69) is 4.74 Å². The van der Waals surface area contributed by atoms with Gasteiger partial charge in [0.05, 0.1) is 0 Å². The van der Waals surface area contributed by atoms with Gasteiger partial charge >= 0.3 is 11.9 Å². The van der Waals surface area contributed by atoms with Gasteiger partial charge < -0.3 is 25.2 Å². The van der Waals surface area contributed by atoms with Gasteiger partial charge in [-0.25, -0.2) is 9.59 Å². The number of esters is 2. The second-order valence-electron chi connectivity index (χ2n) is 2.61. The quantitative estimate of drug-likeness (QED) is 0.232. The summed E-state index contributed by atoms with van der Waals surface area (Å²) in [7, 11) is 0. The van der Waals surface area contributed by atoms with Gasteiger partial charge in [-0.05, 0) is 0 Å². The third-order valence-electron chi connectivity index (χ3n) is 1.68. The van der Waals surface area contributed by atoms with Crippen molar-refractivity contribution in [2.45, 2.75) is 24.4 Å². The molecular formula is C6H8O7. The van der Waals surface area contributed by atoms with E-state index in [4.69, 9.17) is 20.4 Å². The van der Waals surface area contributed by atoms with E-state index in [1.54, 1.807) is 0 Å². The summed E-state index contributed by atoms with van der Waals surface area (Å²) in [6, 6.07) is 0. The first-order valence-corrected chi connectivity index (χ1v) is 3.43. The van der Waals surface area contributed by atoms with Crippen LogP contribution in [-0.4, -0.2) is 56.8 Å². The van der Waals surface area contributed by atoms with Crippen LogP contribution >= 0.6 is 0 Å². The smallest absolute Gasteiger partial charge is 0.345 e. The normalized spacial score (nSPS) is 41.2. The summed E-state index contributed by atoms with van der Waals surface area (Å²) in [6.07, 6.45) is -7.94. The standard InChI is InChI=1S/C6H8O7/c7-1-2(8)4(10)6(12)13-5(11)3(1)9/h1-4,7-10H. The maximum Gasteiger partial charge on any atom is 0.345 e. The van der Waals surface area contributed by atoms with Crippen molar-refractivity contribution in [1.82, 2.24) is 0 Å². The fourth-order valence-electron chi connectivity index (χ4n) is 0.872. The van der Waals surface area contributed by atoms with Gasteiger partial charge in [-0.15, -0.1) is 0 Å². The molecule has 0 radical (unpaired) electrons. The fourth-order valence-corrected chi connectivity index (χ4v) is 0.872. The second kappa shape index (κ2) is 3.38. The molecule has 0 saturated carbocycles. The summed E-state index contributed by atoms with van der Waals surface area (Å²) in [5, 5.41) is 35.7. The van der Waals surface area contributed by atoms with Gasteiger partial charge in [-0.3, -0.25) is 0 Å². The Balaban J connectivity index is 2.92. The van der Waals surface area contributed by atoms with E-state index < -0.39 is 36.4 Å². The Morgan fingerprint density at radius 1 is 0.846 bits per heavy atom. The molecule has 4 unspecified atom stereocenters. The molecule has 1 fully saturated rings. The van der Waals surface area contributed by atoms with E-state index in [1.165, 1.54) is 0 Å². The molecule has 4 atom stereocenters. The van der Waals surface area contributed by atoms with Crippen LogP contribution in [0.3, 0.4) is 0 Å². The number of cyclic esters (lactones) is 2. The number of aliphatic hydroxyl groups is 4. The van der Waals surface area contributed by atoms with Crippen LogP contribution in [0, 0.1) is 0 Å². The van der Waals surface area contributed by atoms with Gasteiger partial charge in [0, 0.05) is 0 Å². The van der Waals surface area contributed by atoms with E-state index in [-0.39, 0.29) is 0 Å². The molecule has 1 aliphatic heterocycles. The molecule has 7 nitrogen and oxygen atoms in total. The minimum absolute atomic E-state index is 1.40. The molecule has 4 N–H and O–H groups in total. The van der Waals surface area contributed by atoms with Crippen molar-refractivity contribution in [1.29, 1.82) is 0 Å². The average Bonchev–Trinajstić information content (AvgIpc) is 2.15. The number of rotatable bonds is 0. The largest absolute Gasteiger partial charge is 0.389 e. The van der Waals surface area contributed by atoms with Crippen LogP contribution in [0.5, 0.6) is 0 Å². The molecule has 0 spiro atoms. The lowest BCUT2D eigenvalue weighted by Crippen LogP contribution is -2.45. The van der Waals surface area contributed by atoms with Crippen molar-refractivity contribution in [3.63, 3.8) is 0 Å². The first-order chi connectivity index (χ1) is 5.95. The van der Waals surface area contributed by atoms with Gasteiger partial charge in [0.1, 0.15) is 12.2 Å². The fraction of sp³-hybridized carbons (Fsp3) is 0.667. The zero-order valence-electron chi connectivity index (χ0n) is 6.32. The maximum absolute atomic E-state index is 10.7. The second-order valence-corrected chi connectivity index (χ2v) is 2.61. The van der Waals surface area contributed by atoms with Crippen LogP contribution in [0.4, 0.5) is 0 Å². The lowest BCUT2D eigenvalue weighted by Gasteiger charge is -2.17. The molecule has 7 heteroatoms. The molecule has 0 bridgehead atoms. The predicted molar refractivity (Wildman–Crippen MR) is 35.1 cm³/mol. The third kappa shape index (κ3) is 1.68. The minimum Gasteiger partial charge on any atom is -0.389 e. The highest BCUT2D eigenvalue weighted by molar-refractivity contribution is 5.91. The number of ether oxygens (including phenoxy) is 1. The van der Waals surface area contributed by atoms with E-state index in [0.717, 1.165) is 0 Å². The zero-order chi connectivity index (χ0) is 10.2. The predicted octanol–water partition coefficient (Wildman–Crippen LogP) is -3.49. The monoisotopic (exact) mass is 192 g/mol. The number of carbonyl (C=O) groups is 2. The Labute approximate surface area is 72.2 Å². The zero-order valence-corrected chi connectivity index (χ0v) is 6.32. The summed E-state index contributed by atoms with van der Waals surface area (Å²) < 4.78 is 3.88. The van der Waals surface area contributed by atoms with E-state index >= 15 is 0 Å². The van der Waals surface area contributed by atoms with E-state index in [1.807, 2.05) is 0 Å². The molecule has 74 valence electrons. The Morgan fingerprint density at radius 2 is 1.15 bits per heavy atom. The number of hydrogen-bond donors (Lipinski definition) is 4. The SMILES string of the molecule is O=C1OC(=O)C(O)C(O)C(O)C1O. The molecule has 13 heavy (non-hydrogen) atoms. The van der Waals surface area contributed by atoms with Crippen LogP contribution in [0.15, 0.2) is 0 Å². The molecule has 0 aliphatic carbocycles. The topological polar surface area (TPSA) is 124 Å². The molecule has 0 amide bonds. The van der Waals surface area contributed by atoms with Gasteiger partial charge in [-0.2, -0.15) is 0 Å². The van der Waals surface area contributed by atoms with Crippen LogP contribution in [0.1, 0.15) is 0 Å². The van der Waals surface area contributed by atoms with Gasteiger partial charge in [0.25, 0.3) is 0 Å². The van der Waals surface area contributed by atoms with Gasteiger partial charge in [-0.1, -0.05) is 0 Å². The molecule has 0 aromatic rings. The molecule has 0 aromatic carbocycles. The Bertz CT molecular complexity index is 213. The highest BCUT2D eigenvalue weighted by Gasteiger charge is 2.44. The van der Waals surface area contributed by atoms with E-state index in [9.17, 15) is 9.59 Å². The molecule has 1 rings (SSSR count). The molecule has 1 aliphatic rings. The van der Waals surface area contributed by atoms with Crippen molar-refractivity contribution < 1.29 is 34.8 Å². The number of hydrogen-bond acceptors (Lipinski definition) is 7. The first kappa shape index (κ1) is 10.1. The lowest BCUT2D eigenvalue weighted by atomic mass is 10.1. The maximum atomic E-state index is 10.7. The van der Waals surface area contributed by atoms with Crippen molar-refractivity contribution >= 4 is 11.9 Å². The minimum atomic E-state index is -2.03. The van der Waals surface area contributed by atoms with Crippen LogP contribution in [0.25, 0.3) is 0 Å². The Kier molecular flexibility index (Phi) is 2.62. The first-order valence-electron chi connectivity index (χ1n) is 3.43. The Hall–Kier alpha value is -1.02. The molecule has 1 saturated heterocycles. The highest BCUT2D eigenvalue weighted by atomic mass is 16.6. The lowest BCUT2D eigenvalue weighted by molar-refractivity contribution is -0.169. The number of carbonyl (C=O) groups excluding carboxylic acids is 2. The van der Waals surface area contributed by atoms with E-state index in [0.29, 0.717) is 0 Å².